The number of carbonyl (C=O) groups is 1. The summed E-state index contributed by atoms with van der Waals surface area (Å²) in [5.74, 6) is 0.0214. The van der Waals surface area contributed by atoms with Gasteiger partial charge >= 0.3 is 0 Å². The third-order valence-corrected chi connectivity index (χ3v) is 3.40. The second-order valence-electron chi connectivity index (χ2n) is 5.07. The highest BCUT2D eigenvalue weighted by molar-refractivity contribution is 5.81. The fourth-order valence-electron chi connectivity index (χ4n) is 2.36. The van der Waals surface area contributed by atoms with E-state index in [0.717, 1.165) is 18.4 Å². The summed E-state index contributed by atoms with van der Waals surface area (Å²) < 4.78 is 6.03. The second kappa shape index (κ2) is 6.01. The van der Waals surface area contributed by atoms with Gasteiger partial charge in [0, 0.05) is 14.1 Å². The van der Waals surface area contributed by atoms with E-state index in [2.05, 4.69) is 0 Å². The molecule has 0 saturated heterocycles. The predicted molar refractivity (Wildman–Crippen MR) is 71.2 cm³/mol. The number of ether oxygens (including phenoxy) is 1. The van der Waals surface area contributed by atoms with Gasteiger partial charge in [0.2, 0.25) is 0 Å². The first kappa shape index (κ1) is 13.1. The van der Waals surface area contributed by atoms with Crippen LogP contribution in [0.3, 0.4) is 0 Å². The van der Waals surface area contributed by atoms with Gasteiger partial charge in [-0.15, -0.1) is 0 Å². The van der Waals surface area contributed by atoms with Crippen LogP contribution < -0.4 is 0 Å². The largest absolute Gasteiger partial charge is 0.360 e. The van der Waals surface area contributed by atoms with Gasteiger partial charge in [-0.05, 0) is 18.4 Å². The fourth-order valence-corrected chi connectivity index (χ4v) is 2.36. The number of hydrogen-bond acceptors (Lipinski definition) is 2. The van der Waals surface area contributed by atoms with Crippen LogP contribution >= 0.6 is 0 Å². The molecule has 1 aliphatic rings. The van der Waals surface area contributed by atoms with E-state index in [1.807, 2.05) is 30.3 Å². The molecule has 1 aliphatic carbocycles. The summed E-state index contributed by atoms with van der Waals surface area (Å²) in [4.78, 5) is 13.8. The molecule has 1 amide bonds. The topological polar surface area (TPSA) is 29.5 Å². The zero-order chi connectivity index (χ0) is 13.0. The molecule has 18 heavy (non-hydrogen) atoms. The van der Waals surface area contributed by atoms with Crippen molar-refractivity contribution in [3.8, 4) is 0 Å². The van der Waals surface area contributed by atoms with Gasteiger partial charge in [-0.3, -0.25) is 4.79 Å². The quantitative estimate of drug-likeness (QED) is 0.818. The molecule has 0 spiro atoms. The van der Waals surface area contributed by atoms with Crippen molar-refractivity contribution in [1.82, 2.24) is 4.90 Å². The zero-order valence-corrected chi connectivity index (χ0v) is 11.1. The van der Waals surface area contributed by atoms with Gasteiger partial charge in [0.25, 0.3) is 5.91 Å². The summed E-state index contributed by atoms with van der Waals surface area (Å²) in [5.41, 5.74) is 0.947. The van der Waals surface area contributed by atoms with Crippen LogP contribution in [0.25, 0.3) is 0 Å². The number of benzene rings is 1. The van der Waals surface area contributed by atoms with Crippen molar-refractivity contribution in [3.05, 3.63) is 35.9 Å². The Morgan fingerprint density at radius 3 is 2.39 bits per heavy atom. The van der Waals surface area contributed by atoms with Crippen LogP contribution in [0, 0.1) is 0 Å². The average Bonchev–Trinajstić information content (AvgIpc) is 2.89. The SMILES string of the molecule is CN(C)C(=O)C(OC1CCCC1)c1ccccc1. The zero-order valence-electron chi connectivity index (χ0n) is 11.1. The molecule has 1 fully saturated rings. The molecule has 2 rings (SSSR count). The van der Waals surface area contributed by atoms with Gasteiger partial charge in [-0.2, -0.15) is 0 Å². The molecule has 1 atom stereocenters. The third-order valence-electron chi connectivity index (χ3n) is 3.40. The van der Waals surface area contributed by atoms with Crippen molar-refractivity contribution < 1.29 is 9.53 Å². The smallest absolute Gasteiger partial charge is 0.255 e. The van der Waals surface area contributed by atoms with Crippen LogP contribution in [0.5, 0.6) is 0 Å². The Bertz CT molecular complexity index is 383. The van der Waals surface area contributed by atoms with Gasteiger partial charge in [-0.1, -0.05) is 43.2 Å². The number of rotatable bonds is 4. The summed E-state index contributed by atoms with van der Waals surface area (Å²) in [7, 11) is 3.55. The lowest BCUT2D eigenvalue weighted by molar-refractivity contribution is -0.145. The van der Waals surface area contributed by atoms with Crippen molar-refractivity contribution in [2.45, 2.75) is 37.9 Å². The van der Waals surface area contributed by atoms with Gasteiger partial charge in [0.15, 0.2) is 6.10 Å². The van der Waals surface area contributed by atoms with Gasteiger partial charge in [0.1, 0.15) is 0 Å². The first-order chi connectivity index (χ1) is 8.68. The molecule has 0 aromatic heterocycles. The maximum Gasteiger partial charge on any atom is 0.255 e. The highest BCUT2D eigenvalue weighted by Crippen LogP contribution is 2.28. The number of likely N-dealkylation sites (N-methyl/N-ethyl adjacent to an activating group) is 1. The van der Waals surface area contributed by atoms with Crippen LogP contribution in [0.4, 0.5) is 0 Å². The number of carbonyl (C=O) groups excluding carboxylic acids is 1. The summed E-state index contributed by atoms with van der Waals surface area (Å²) >= 11 is 0. The molecule has 0 bridgehead atoms. The number of amides is 1. The van der Waals surface area contributed by atoms with Gasteiger partial charge in [-0.25, -0.2) is 0 Å². The molecule has 1 aromatic rings. The Balaban J connectivity index is 2.14. The molecular formula is C15H21NO2. The second-order valence-corrected chi connectivity index (χ2v) is 5.07. The Kier molecular flexibility index (Phi) is 4.37. The molecular weight excluding hydrogens is 226 g/mol. The minimum absolute atomic E-state index is 0.0214. The third kappa shape index (κ3) is 3.10. The molecule has 0 radical (unpaired) electrons. The van der Waals surface area contributed by atoms with Crippen molar-refractivity contribution in [2.24, 2.45) is 0 Å². The highest BCUT2D eigenvalue weighted by Gasteiger charge is 2.27. The van der Waals surface area contributed by atoms with Crippen molar-refractivity contribution in [1.29, 1.82) is 0 Å². The Hall–Kier alpha value is -1.35. The van der Waals surface area contributed by atoms with E-state index in [4.69, 9.17) is 4.74 Å². The van der Waals surface area contributed by atoms with Crippen LogP contribution in [0.1, 0.15) is 37.4 Å². The number of hydrogen-bond donors (Lipinski definition) is 0. The lowest BCUT2D eigenvalue weighted by Crippen LogP contribution is -2.31. The normalized spacial score (nSPS) is 17.7. The standard InChI is InChI=1S/C15H21NO2/c1-16(2)15(17)14(12-8-4-3-5-9-12)18-13-10-6-7-11-13/h3-5,8-9,13-14H,6-7,10-11H2,1-2H3. The summed E-state index contributed by atoms with van der Waals surface area (Å²) in [6.45, 7) is 0. The molecule has 98 valence electrons. The molecule has 0 aliphatic heterocycles. The van der Waals surface area contributed by atoms with E-state index >= 15 is 0 Å². The molecule has 3 heteroatoms. The predicted octanol–water partition coefficient (Wildman–Crippen LogP) is 2.78. The van der Waals surface area contributed by atoms with Gasteiger partial charge < -0.3 is 9.64 Å². The summed E-state index contributed by atoms with van der Waals surface area (Å²) in [6.07, 6.45) is 4.35. The highest BCUT2D eigenvalue weighted by atomic mass is 16.5. The lowest BCUT2D eigenvalue weighted by atomic mass is 10.1. The first-order valence-corrected chi connectivity index (χ1v) is 6.60. The minimum atomic E-state index is -0.454. The van der Waals surface area contributed by atoms with Crippen LogP contribution in [-0.2, 0) is 9.53 Å². The van der Waals surface area contributed by atoms with E-state index in [1.165, 1.54) is 12.8 Å². The van der Waals surface area contributed by atoms with Crippen LogP contribution in [0.2, 0.25) is 0 Å². The molecule has 1 saturated carbocycles. The maximum atomic E-state index is 12.2. The summed E-state index contributed by atoms with van der Waals surface area (Å²) in [6, 6.07) is 9.77. The van der Waals surface area contributed by atoms with E-state index in [9.17, 15) is 4.79 Å². The average molecular weight is 247 g/mol. The Morgan fingerprint density at radius 2 is 1.83 bits per heavy atom. The Morgan fingerprint density at radius 1 is 1.22 bits per heavy atom. The minimum Gasteiger partial charge on any atom is -0.360 e. The van der Waals surface area contributed by atoms with Crippen molar-refractivity contribution in [3.63, 3.8) is 0 Å². The van der Waals surface area contributed by atoms with Crippen LogP contribution in [-0.4, -0.2) is 31.0 Å². The van der Waals surface area contributed by atoms with E-state index in [-0.39, 0.29) is 12.0 Å². The fraction of sp³-hybridized carbons (Fsp3) is 0.533. The molecule has 3 nitrogen and oxygen atoms in total. The van der Waals surface area contributed by atoms with Gasteiger partial charge in [0.05, 0.1) is 6.10 Å². The molecule has 1 aromatic carbocycles. The van der Waals surface area contributed by atoms with Crippen molar-refractivity contribution in [2.75, 3.05) is 14.1 Å². The van der Waals surface area contributed by atoms with Crippen LogP contribution in [0.15, 0.2) is 30.3 Å². The van der Waals surface area contributed by atoms with Crippen molar-refractivity contribution >= 4 is 5.91 Å². The first-order valence-electron chi connectivity index (χ1n) is 6.60. The molecule has 0 heterocycles. The monoisotopic (exact) mass is 247 g/mol. The van der Waals surface area contributed by atoms with E-state index in [0.29, 0.717) is 0 Å². The Labute approximate surface area is 109 Å². The number of nitrogens with zero attached hydrogens (tertiary/aromatic N) is 1. The van der Waals surface area contributed by atoms with E-state index in [1.54, 1.807) is 19.0 Å². The van der Waals surface area contributed by atoms with E-state index < -0.39 is 6.10 Å². The lowest BCUT2D eigenvalue weighted by Gasteiger charge is -2.24. The maximum absolute atomic E-state index is 12.2. The molecule has 0 N–H and O–H groups in total. The molecule has 1 unspecified atom stereocenters. The summed E-state index contributed by atoms with van der Waals surface area (Å²) in [5, 5.41) is 0.